The maximum absolute atomic E-state index is 12.9. The molecule has 32 heavy (non-hydrogen) atoms. The first-order valence-corrected chi connectivity index (χ1v) is 10.9. The standard InChI is InChI=1S/C23H23BrF3N3O2/c1-3-28-21-14-16(22(31)30-12-10-17(24)11-13-30)4-9-20(21)15(2)29-18-5-7-19(8-6-18)32-23(25,26)27/h3-9,14,17,29H,1,10-13H2,2H3/b20-15+,28-21-. The Morgan fingerprint density at radius 1 is 1.25 bits per heavy atom. The van der Waals surface area contributed by atoms with Crippen LogP contribution in [0.5, 0.6) is 5.75 Å². The van der Waals surface area contributed by atoms with Crippen LogP contribution in [0.25, 0.3) is 0 Å². The Kier molecular flexibility index (Phi) is 7.60. The predicted octanol–water partition coefficient (Wildman–Crippen LogP) is 5.74. The van der Waals surface area contributed by atoms with Gasteiger partial charge in [-0.05, 0) is 56.2 Å². The maximum Gasteiger partial charge on any atom is 0.573 e. The van der Waals surface area contributed by atoms with E-state index in [1.807, 2.05) is 11.8 Å². The summed E-state index contributed by atoms with van der Waals surface area (Å²) in [4.78, 5) is 19.5. The molecule has 0 atom stereocenters. The molecular formula is C23H23BrF3N3O2. The number of carbonyl (C=O) groups is 1. The lowest BCUT2D eigenvalue weighted by Crippen LogP contribution is -2.39. The number of hydrogen-bond donors (Lipinski definition) is 1. The van der Waals surface area contributed by atoms with Crippen LogP contribution in [0.2, 0.25) is 0 Å². The highest BCUT2D eigenvalue weighted by molar-refractivity contribution is 9.09. The van der Waals surface area contributed by atoms with Crippen molar-refractivity contribution in [3.8, 4) is 5.75 Å². The van der Waals surface area contributed by atoms with Crippen LogP contribution in [0.15, 0.2) is 77.1 Å². The molecule has 1 aliphatic carbocycles. The van der Waals surface area contributed by atoms with E-state index in [4.69, 9.17) is 0 Å². The van der Waals surface area contributed by atoms with E-state index in [0.717, 1.165) is 18.4 Å². The quantitative estimate of drug-likeness (QED) is 0.515. The number of allylic oxidation sites excluding steroid dienone is 4. The molecule has 1 fully saturated rings. The summed E-state index contributed by atoms with van der Waals surface area (Å²) >= 11 is 3.59. The number of likely N-dealkylation sites (tertiary alicyclic amines) is 1. The minimum Gasteiger partial charge on any atom is -0.406 e. The summed E-state index contributed by atoms with van der Waals surface area (Å²) in [6, 6.07) is 5.44. The van der Waals surface area contributed by atoms with Gasteiger partial charge in [-0.2, -0.15) is 0 Å². The molecule has 9 heteroatoms. The first-order valence-electron chi connectivity index (χ1n) is 10.0. The van der Waals surface area contributed by atoms with Crippen molar-refractivity contribution in [3.63, 3.8) is 0 Å². The highest BCUT2D eigenvalue weighted by Crippen LogP contribution is 2.26. The molecule has 0 saturated carbocycles. The number of halogens is 4. The molecule has 1 saturated heterocycles. The van der Waals surface area contributed by atoms with Crippen molar-refractivity contribution in [2.45, 2.75) is 31.0 Å². The molecule has 5 nitrogen and oxygen atoms in total. The molecule has 1 aliphatic heterocycles. The van der Waals surface area contributed by atoms with Gasteiger partial charge in [-0.3, -0.25) is 9.79 Å². The first-order chi connectivity index (χ1) is 15.2. The van der Waals surface area contributed by atoms with Gasteiger partial charge in [0.15, 0.2) is 0 Å². The van der Waals surface area contributed by atoms with Gasteiger partial charge in [0.25, 0.3) is 5.91 Å². The SMILES string of the molecule is C=C/N=C1/C=C(C(=O)N2CCC(Br)CC2)C=C/C1=C(/C)Nc1ccc(OC(F)(F)F)cc1. The lowest BCUT2D eigenvalue weighted by molar-refractivity contribution is -0.274. The van der Waals surface area contributed by atoms with Crippen LogP contribution < -0.4 is 10.1 Å². The van der Waals surface area contributed by atoms with Gasteiger partial charge < -0.3 is 15.0 Å². The summed E-state index contributed by atoms with van der Waals surface area (Å²) in [5, 5.41) is 3.15. The molecule has 1 aromatic carbocycles. The molecule has 170 valence electrons. The summed E-state index contributed by atoms with van der Waals surface area (Å²) in [5.74, 6) is -0.336. The Labute approximate surface area is 193 Å². The van der Waals surface area contributed by atoms with E-state index in [-0.39, 0.29) is 11.7 Å². The van der Waals surface area contributed by atoms with Gasteiger partial charge in [0.2, 0.25) is 0 Å². The third-order valence-electron chi connectivity index (χ3n) is 5.01. The van der Waals surface area contributed by atoms with E-state index < -0.39 is 6.36 Å². The zero-order valence-electron chi connectivity index (χ0n) is 17.5. The fraction of sp³-hybridized carbons (Fsp3) is 0.304. The number of rotatable bonds is 5. The molecule has 1 heterocycles. The van der Waals surface area contributed by atoms with E-state index in [2.05, 4.69) is 37.6 Å². The van der Waals surface area contributed by atoms with E-state index in [0.29, 0.717) is 40.6 Å². The summed E-state index contributed by atoms with van der Waals surface area (Å²) < 4.78 is 40.9. The number of amides is 1. The van der Waals surface area contributed by atoms with Gasteiger partial charge in [0.05, 0.1) is 5.71 Å². The van der Waals surface area contributed by atoms with Crippen molar-refractivity contribution >= 4 is 33.2 Å². The third kappa shape index (κ3) is 6.35. The molecule has 1 aromatic rings. The first kappa shape index (κ1) is 23.8. The van der Waals surface area contributed by atoms with Crippen LogP contribution in [0, 0.1) is 0 Å². The Bertz CT molecular complexity index is 987. The number of benzene rings is 1. The second-order valence-electron chi connectivity index (χ2n) is 7.33. The highest BCUT2D eigenvalue weighted by Gasteiger charge is 2.31. The number of nitrogens with zero attached hydrogens (tertiary/aromatic N) is 2. The van der Waals surface area contributed by atoms with Gasteiger partial charge >= 0.3 is 6.36 Å². The Morgan fingerprint density at radius 2 is 1.91 bits per heavy atom. The van der Waals surface area contributed by atoms with Crippen molar-refractivity contribution in [3.05, 3.63) is 72.1 Å². The van der Waals surface area contributed by atoms with Gasteiger partial charge in [-0.25, -0.2) is 0 Å². The lowest BCUT2D eigenvalue weighted by atomic mass is 9.97. The van der Waals surface area contributed by atoms with Crippen LogP contribution in [0.4, 0.5) is 18.9 Å². The van der Waals surface area contributed by atoms with Crippen LogP contribution in [0.1, 0.15) is 19.8 Å². The second kappa shape index (κ2) is 10.2. The average molecular weight is 510 g/mol. The molecule has 1 N–H and O–H groups in total. The molecule has 0 radical (unpaired) electrons. The zero-order chi connectivity index (χ0) is 23.3. The summed E-state index contributed by atoms with van der Waals surface area (Å²) in [7, 11) is 0. The fourth-order valence-electron chi connectivity index (χ4n) is 3.44. The number of nitrogens with one attached hydrogen (secondary N) is 1. The Balaban J connectivity index is 1.76. The molecule has 2 aliphatic rings. The fourth-order valence-corrected chi connectivity index (χ4v) is 3.85. The van der Waals surface area contributed by atoms with E-state index >= 15 is 0 Å². The van der Waals surface area contributed by atoms with Gasteiger partial charge in [0.1, 0.15) is 5.75 Å². The molecular weight excluding hydrogens is 487 g/mol. The molecule has 0 unspecified atom stereocenters. The molecule has 0 spiro atoms. The number of carbonyl (C=O) groups excluding carboxylic acids is 1. The lowest BCUT2D eigenvalue weighted by Gasteiger charge is -2.30. The number of hydrogen-bond acceptors (Lipinski definition) is 4. The number of piperidine rings is 1. The van der Waals surface area contributed by atoms with E-state index in [1.54, 1.807) is 18.2 Å². The molecule has 1 amide bonds. The summed E-state index contributed by atoms with van der Waals surface area (Å²) in [6.45, 7) is 6.87. The van der Waals surface area contributed by atoms with Crippen molar-refractivity contribution in [2.75, 3.05) is 18.4 Å². The number of anilines is 1. The summed E-state index contributed by atoms with van der Waals surface area (Å²) in [6.07, 6.45) is 3.78. The minimum atomic E-state index is -4.73. The van der Waals surface area contributed by atoms with Crippen LogP contribution >= 0.6 is 15.9 Å². The van der Waals surface area contributed by atoms with Crippen LogP contribution in [-0.4, -0.2) is 40.8 Å². The molecule has 0 aromatic heterocycles. The summed E-state index contributed by atoms with van der Waals surface area (Å²) in [5.41, 5.74) is 3.16. The maximum atomic E-state index is 12.9. The number of aliphatic imine (C=N–C) groups is 1. The third-order valence-corrected chi connectivity index (χ3v) is 5.93. The predicted molar refractivity (Wildman–Crippen MR) is 123 cm³/mol. The topological polar surface area (TPSA) is 53.9 Å². The number of ether oxygens (including phenoxy) is 1. The van der Waals surface area contributed by atoms with Crippen molar-refractivity contribution in [2.24, 2.45) is 4.99 Å². The second-order valence-corrected chi connectivity index (χ2v) is 8.63. The normalized spacial score (nSPS) is 20.1. The van der Waals surface area contributed by atoms with Crippen LogP contribution in [0.3, 0.4) is 0 Å². The number of alkyl halides is 4. The van der Waals surface area contributed by atoms with Crippen molar-refractivity contribution < 1.29 is 22.7 Å². The Morgan fingerprint density at radius 3 is 2.50 bits per heavy atom. The van der Waals surface area contributed by atoms with Gasteiger partial charge in [0, 0.05) is 46.6 Å². The minimum absolute atomic E-state index is 0.0395. The highest BCUT2D eigenvalue weighted by atomic mass is 79.9. The Hall–Kier alpha value is -2.81. The van der Waals surface area contributed by atoms with E-state index in [9.17, 15) is 18.0 Å². The van der Waals surface area contributed by atoms with Gasteiger partial charge in [-0.1, -0.05) is 28.6 Å². The smallest absolute Gasteiger partial charge is 0.406 e. The van der Waals surface area contributed by atoms with Crippen molar-refractivity contribution in [1.29, 1.82) is 0 Å². The largest absolute Gasteiger partial charge is 0.573 e. The van der Waals surface area contributed by atoms with E-state index in [1.165, 1.54) is 30.5 Å². The molecule has 3 rings (SSSR count). The van der Waals surface area contributed by atoms with Gasteiger partial charge in [-0.15, -0.1) is 13.2 Å². The molecule has 0 bridgehead atoms. The zero-order valence-corrected chi connectivity index (χ0v) is 19.0. The monoisotopic (exact) mass is 509 g/mol. The average Bonchev–Trinajstić information content (AvgIpc) is 2.74. The van der Waals surface area contributed by atoms with Crippen molar-refractivity contribution in [1.82, 2.24) is 4.90 Å². The van der Waals surface area contributed by atoms with Crippen LogP contribution in [-0.2, 0) is 4.79 Å².